The lowest BCUT2D eigenvalue weighted by Crippen LogP contribution is -2.34. The zero-order chi connectivity index (χ0) is 22.6. The number of nitrogens with zero attached hydrogens (tertiary/aromatic N) is 3. The van der Waals surface area contributed by atoms with Gasteiger partial charge in [-0.2, -0.15) is 5.26 Å². The molecule has 0 bridgehead atoms. The van der Waals surface area contributed by atoms with Crippen LogP contribution in [-0.4, -0.2) is 16.7 Å². The van der Waals surface area contributed by atoms with Crippen LogP contribution in [0, 0.1) is 35.0 Å². The number of hydrogen-bond donors (Lipinski definition) is 1. The predicted octanol–water partition coefficient (Wildman–Crippen LogP) is 5.43. The van der Waals surface area contributed by atoms with Gasteiger partial charge in [0.2, 0.25) is 11.8 Å². The number of aromatic nitrogens is 2. The van der Waals surface area contributed by atoms with Crippen LogP contribution in [0.5, 0.6) is 0 Å². The van der Waals surface area contributed by atoms with E-state index in [0.717, 1.165) is 31.8 Å². The van der Waals surface area contributed by atoms with Crippen LogP contribution in [-0.2, 0) is 18.4 Å². The summed E-state index contributed by atoms with van der Waals surface area (Å²) in [5, 5.41) is 21.2. The van der Waals surface area contributed by atoms with Crippen molar-refractivity contribution in [3.63, 3.8) is 0 Å². The average molecular weight is 421 g/mol. The van der Waals surface area contributed by atoms with Crippen molar-refractivity contribution in [2.45, 2.75) is 66.3 Å². The van der Waals surface area contributed by atoms with E-state index in [1.807, 2.05) is 24.3 Å². The van der Waals surface area contributed by atoms with Gasteiger partial charge in [-0.3, -0.25) is 0 Å². The zero-order valence-corrected chi connectivity index (χ0v) is 19.8. The number of benzene rings is 1. The van der Waals surface area contributed by atoms with Gasteiger partial charge in [0.15, 0.2) is 0 Å². The van der Waals surface area contributed by atoms with Gasteiger partial charge in [-0.05, 0) is 54.7 Å². The molecule has 31 heavy (non-hydrogen) atoms. The fourth-order valence-electron chi connectivity index (χ4n) is 4.44. The third-order valence-corrected chi connectivity index (χ3v) is 6.41. The molecule has 0 fully saturated rings. The Hall–Kier alpha value is -2.45. The van der Waals surface area contributed by atoms with Gasteiger partial charge >= 0.3 is 0 Å². The van der Waals surface area contributed by atoms with Crippen molar-refractivity contribution in [3.05, 3.63) is 58.8 Å². The second-order valence-electron chi connectivity index (χ2n) is 10.3. The van der Waals surface area contributed by atoms with Crippen LogP contribution in [0.25, 0.3) is 0 Å². The van der Waals surface area contributed by atoms with E-state index in [1.165, 1.54) is 11.1 Å². The molecule has 5 nitrogen and oxygen atoms in total. The topological polar surface area (TPSA) is 74.7 Å². The van der Waals surface area contributed by atoms with Crippen LogP contribution in [0.1, 0.15) is 70.9 Å². The first-order chi connectivity index (χ1) is 14.7. The number of allylic oxidation sites excluding steroid dienone is 1. The van der Waals surface area contributed by atoms with Crippen LogP contribution in [0.2, 0.25) is 0 Å². The van der Waals surface area contributed by atoms with E-state index in [-0.39, 0.29) is 5.41 Å². The smallest absolute Gasteiger partial charge is 0.221 e. The monoisotopic (exact) mass is 420 g/mol. The van der Waals surface area contributed by atoms with E-state index in [9.17, 15) is 0 Å². The first-order valence-corrected chi connectivity index (χ1v) is 11.4. The summed E-state index contributed by atoms with van der Waals surface area (Å²) in [6.07, 6.45) is 4.43. The molecule has 166 valence electrons. The van der Waals surface area contributed by atoms with Gasteiger partial charge in [0.05, 0.1) is 11.6 Å². The highest BCUT2D eigenvalue weighted by molar-refractivity contribution is 5.31. The molecule has 1 aromatic carbocycles. The molecule has 3 rings (SSSR count). The Labute approximate surface area is 187 Å². The highest BCUT2D eigenvalue weighted by atomic mass is 16.4. The molecule has 1 aromatic heterocycles. The Morgan fingerprint density at radius 1 is 1.19 bits per heavy atom. The summed E-state index contributed by atoms with van der Waals surface area (Å²) in [6.45, 7) is 15.0. The Balaban J connectivity index is 1.63. The SMILES string of the molecule is CC1=CC(CNCc2ccc(C#N)cc2)C(C(C)C)CC1Cc1nnc(C(C)(C)C)o1. The van der Waals surface area contributed by atoms with Crippen LogP contribution >= 0.6 is 0 Å². The van der Waals surface area contributed by atoms with Crippen molar-refractivity contribution < 1.29 is 4.42 Å². The maximum atomic E-state index is 8.95. The minimum Gasteiger partial charge on any atom is -0.425 e. The summed E-state index contributed by atoms with van der Waals surface area (Å²) in [7, 11) is 0. The molecule has 0 saturated heterocycles. The molecule has 0 radical (unpaired) electrons. The van der Waals surface area contributed by atoms with Gasteiger partial charge in [0.1, 0.15) is 0 Å². The van der Waals surface area contributed by atoms with E-state index in [2.05, 4.69) is 69.2 Å². The molecular weight excluding hydrogens is 384 g/mol. The zero-order valence-electron chi connectivity index (χ0n) is 19.8. The third-order valence-electron chi connectivity index (χ3n) is 6.41. The lowest BCUT2D eigenvalue weighted by molar-refractivity contribution is 0.217. The molecule has 0 aliphatic heterocycles. The molecule has 3 atom stereocenters. The van der Waals surface area contributed by atoms with Crippen molar-refractivity contribution in [3.8, 4) is 6.07 Å². The molecule has 5 heteroatoms. The summed E-state index contributed by atoms with van der Waals surface area (Å²) >= 11 is 0. The normalized spacial score (nSPS) is 21.7. The fraction of sp³-hybridized carbons (Fsp3) is 0.577. The van der Waals surface area contributed by atoms with Gasteiger partial charge in [-0.25, -0.2) is 0 Å². The summed E-state index contributed by atoms with van der Waals surface area (Å²) in [5.74, 6) is 3.67. The minimum absolute atomic E-state index is 0.116. The maximum Gasteiger partial charge on any atom is 0.221 e. The number of nitrogens with one attached hydrogen (secondary N) is 1. The molecule has 1 aliphatic rings. The number of nitriles is 1. The van der Waals surface area contributed by atoms with Gasteiger partial charge in [0.25, 0.3) is 0 Å². The van der Waals surface area contributed by atoms with E-state index in [0.29, 0.717) is 35.1 Å². The molecule has 1 heterocycles. The number of rotatable bonds is 7. The Kier molecular flexibility index (Phi) is 7.33. The van der Waals surface area contributed by atoms with E-state index in [1.54, 1.807) is 0 Å². The Morgan fingerprint density at radius 3 is 2.48 bits per heavy atom. The standard InChI is InChI=1S/C26H36N4O/c1-17(2)23-12-21(13-24-29-30-25(31-24)26(4,5)6)18(3)11-22(23)16-28-15-20-9-7-19(14-27)8-10-20/h7-11,17,21-23,28H,12-13,15-16H2,1-6H3. The highest BCUT2D eigenvalue weighted by Crippen LogP contribution is 2.38. The van der Waals surface area contributed by atoms with Crippen molar-refractivity contribution in [2.24, 2.45) is 23.7 Å². The van der Waals surface area contributed by atoms with Gasteiger partial charge in [-0.1, -0.05) is 58.4 Å². The minimum atomic E-state index is -0.116. The lowest BCUT2D eigenvalue weighted by atomic mass is 9.70. The van der Waals surface area contributed by atoms with Crippen LogP contribution < -0.4 is 5.32 Å². The fourth-order valence-corrected chi connectivity index (χ4v) is 4.44. The molecule has 2 aromatic rings. The Morgan fingerprint density at radius 2 is 1.90 bits per heavy atom. The molecule has 0 saturated carbocycles. The molecule has 0 spiro atoms. The van der Waals surface area contributed by atoms with Gasteiger partial charge in [0, 0.05) is 24.9 Å². The molecule has 0 amide bonds. The van der Waals surface area contributed by atoms with Gasteiger partial charge in [-0.15, -0.1) is 10.2 Å². The average Bonchev–Trinajstić information content (AvgIpc) is 3.19. The second kappa shape index (κ2) is 9.78. The summed E-state index contributed by atoms with van der Waals surface area (Å²) in [4.78, 5) is 0. The van der Waals surface area contributed by atoms with Crippen LogP contribution in [0.3, 0.4) is 0 Å². The van der Waals surface area contributed by atoms with Crippen molar-refractivity contribution in [1.29, 1.82) is 5.26 Å². The maximum absolute atomic E-state index is 8.95. The van der Waals surface area contributed by atoms with E-state index in [4.69, 9.17) is 9.68 Å². The van der Waals surface area contributed by atoms with E-state index >= 15 is 0 Å². The molecule has 3 unspecified atom stereocenters. The van der Waals surface area contributed by atoms with Crippen LogP contribution in [0.4, 0.5) is 0 Å². The molecule has 1 N–H and O–H groups in total. The van der Waals surface area contributed by atoms with Crippen molar-refractivity contribution in [2.75, 3.05) is 6.54 Å². The summed E-state index contributed by atoms with van der Waals surface area (Å²) in [5.41, 5.74) is 3.23. The van der Waals surface area contributed by atoms with Crippen molar-refractivity contribution >= 4 is 0 Å². The van der Waals surface area contributed by atoms with Crippen molar-refractivity contribution in [1.82, 2.24) is 15.5 Å². The Bertz CT molecular complexity index is 928. The second-order valence-corrected chi connectivity index (χ2v) is 10.3. The predicted molar refractivity (Wildman–Crippen MR) is 123 cm³/mol. The molecule has 1 aliphatic carbocycles. The van der Waals surface area contributed by atoms with Crippen LogP contribution in [0.15, 0.2) is 40.3 Å². The first-order valence-electron chi connectivity index (χ1n) is 11.4. The summed E-state index contributed by atoms with van der Waals surface area (Å²) in [6, 6.07) is 9.99. The first kappa shape index (κ1) is 23.2. The molecular formula is C26H36N4O. The number of hydrogen-bond acceptors (Lipinski definition) is 5. The summed E-state index contributed by atoms with van der Waals surface area (Å²) < 4.78 is 5.97. The highest BCUT2D eigenvalue weighted by Gasteiger charge is 2.32. The largest absolute Gasteiger partial charge is 0.425 e. The van der Waals surface area contributed by atoms with E-state index < -0.39 is 0 Å². The quantitative estimate of drug-likeness (QED) is 0.605. The van der Waals surface area contributed by atoms with Gasteiger partial charge < -0.3 is 9.73 Å². The lowest BCUT2D eigenvalue weighted by Gasteiger charge is -2.37. The third kappa shape index (κ3) is 6.04.